The summed E-state index contributed by atoms with van der Waals surface area (Å²) in [7, 11) is -3.78. The molecule has 9 heteroatoms. The fourth-order valence-corrected chi connectivity index (χ4v) is 5.61. The Balaban J connectivity index is 1.58. The number of hydrogen-bond donors (Lipinski definition) is 2. The highest BCUT2D eigenvalue weighted by molar-refractivity contribution is 7.92. The number of fused-ring (bicyclic) bond motifs is 5. The number of ether oxygens (including phenoxy) is 1. The van der Waals surface area contributed by atoms with Crippen molar-refractivity contribution < 1.29 is 18.1 Å². The van der Waals surface area contributed by atoms with Gasteiger partial charge >= 0.3 is 0 Å². The van der Waals surface area contributed by atoms with Crippen LogP contribution in [0.15, 0.2) is 65.6 Å². The number of anilines is 2. The Morgan fingerprint density at radius 2 is 1.72 bits per heavy atom. The smallest absolute Gasteiger partial charge is 0.269 e. The predicted molar refractivity (Wildman–Crippen MR) is 121 cm³/mol. The lowest BCUT2D eigenvalue weighted by Crippen LogP contribution is -2.49. The summed E-state index contributed by atoms with van der Waals surface area (Å²) in [5, 5.41) is 14.7. The van der Waals surface area contributed by atoms with Gasteiger partial charge in [0.15, 0.2) is 5.72 Å². The van der Waals surface area contributed by atoms with Crippen LogP contribution in [0.3, 0.4) is 0 Å². The molecule has 2 N–H and O–H groups in total. The van der Waals surface area contributed by atoms with Crippen LogP contribution in [-0.4, -0.2) is 19.1 Å². The van der Waals surface area contributed by atoms with Gasteiger partial charge in [-0.3, -0.25) is 14.8 Å². The van der Waals surface area contributed by atoms with Crippen molar-refractivity contribution in [2.75, 3.05) is 10.0 Å². The van der Waals surface area contributed by atoms with Gasteiger partial charge in [0.1, 0.15) is 5.75 Å². The number of nitro benzene ring substituents is 1. The molecular weight excluding hydrogens is 430 g/mol. The van der Waals surface area contributed by atoms with Crippen LogP contribution in [-0.2, 0) is 15.4 Å². The Morgan fingerprint density at radius 3 is 2.41 bits per heavy atom. The van der Waals surface area contributed by atoms with E-state index in [9.17, 15) is 18.5 Å². The monoisotopic (exact) mass is 451 g/mol. The molecule has 0 amide bonds. The quantitative estimate of drug-likeness (QED) is 0.445. The van der Waals surface area contributed by atoms with Gasteiger partial charge in [0.05, 0.1) is 15.2 Å². The summed E-state index contributed by atoms with van der Waals surface area (Å²) < 4.78 is 34.6. The Kier molecular flexibility index (Phi) is 4.10. The van der Waals surface area contributed by atoms with Gasteiger partial charge in [-0.1, -0.05) is 17.7 Å². The van der Waals surface area contributed by atoms with E-state index in [0.717, 1.165) is 22.4 Å². The van der Waals surface area contributed by atoms with E-state index in [-0.39, 0.29) is 10.6 Å². The van der Waals surface area contributed by atoms with Crippen LogP contribution in [0.5, 0.6) is 5.75 Å². The highest BCUT2D eigenvalue weighted by Gasteiger charge is 2.61. The average molecular weight is 452 g/mol. The van der Waals surface area contributed by atoms with E-state index < -0.39 is 26.1 Å². The van der Waals surface area contributed by atoms with Crippen molar-refractivity contribution in [2.45, 2.75) is 36.8 Å². The zero-order chi connectivity index (χ0) is 22.9. The van der Waals surface area contributed by atoms with Gasteiger partial charge in [0, 0.05) is 29.1 Å². The third-order valence-corrected chi connectivity index (χ3v) is 7.89. The molecule has 0 aromatic heterocycles. The highest BCUT2D eigenvalue weighted by atomic mass is 32.2. The van der Waals surface area contributed by atoms with E-state index in [2.05, 4.69) is 10.0 Å². The van der Waals surface area contributed by atoms with Crippen LogP contribution in [0, 0.1) is 17.0 Å². The maximum Gasteiger partial charge on any atom is 0.269 e. The molecule has 0 saturated carbocycles. The fraction of sp³-hybridized carbons (Fsp3) is 0.217. The van der Waals surface area contributed by atoms with E-state index in [0.29, 0.717) is 11.4 Å². The molecule has 3 aromatic rings. The fourth-order valence-electron chi connectivity index (χ4n) is 4.56. The van der Waals surface area contributed by atoms with Crippen LogP contribution in [0.25, 0.3) is 0 Å². The molecule has 2 aliphatic heterocycles. The van der Waals surface area contributed by atoms with Crippen LogP contribution >= 0.6 is 0 Å². The van der Waals surface area contributed by atoms with Gasteiger partial charge in [-0.2, -0.15) is 0 Å². The van der Waals surface area contributed by atoms with E-state index in [1.807, 2.05) is 20.8 Å². The molecule has 2 atom stereocenters. The normalized spacial score (nSPS) is 22.8. The third-order valence-electron chi connectivity index (χ3n) is 6.50. The van der Waals surface area contributed by atoms with E-state index in [4.69, 9.17) is 4.74 Å². The van der Waals surface area contributed by atoms with Gasteiger partial charge in [-0.15, -0.1) is 0 Å². The Labute approximate surface area is 185 Å². The molecule has 0 fully saturated rings. The first-order valence-electron chi connectivity index (χ1n) is 10.0. The van der Waals surface area contributed by atoms with Crippen LogP contribution in [0.4, 0.5) is 17.1 Å². The second-order valence-electron chi connectivity index (χ2n) is 8.50. The lowest BCUT2D eigenvalue weighted by Gasteiger charge is -2.33. The molecule has 0 unspecified atom stereocenters. The number of benzene rings is 3. The van der Waals surface area contributed by atoms with Crippen molar-refractivity contribution in [3.63, 3.8) is 0 Å². The third kappa shape index (κ3) is 2.77. The summed E-state index contributed by atoms with van der Waals surface area (Å²) in [5.74, 6) is 0.595. The Hall–Kier alpha value is -3.59. The lowest BCUT2D eigenvalue weighted by atomic mass is 9.72. The van der Waals surface area contributed by atoms with Crippen molar-refractivity contribution in [1.29, 1.82) is 0 Å². The number of nitrogens with one attached hydrogen (secondary N) is 2. The van der Waals surface area contributed by atoms with Crippen LogP contribution in [0.1, 0.15) is 30.5 Å². The van der Waals surface area contributed by atoms with E-state index in [1.54, 1.807) is 54.6 Å². The minimum absolute atomic E-state index is 0.0132. The van der Waals surface area contributed by atoms with Gasteiger partial charge in [-0.25, -0.2) is 8.42 Å². The first-order valence-corrected chi connectivity index (χ1v) is 11.5. The van der Waals surface area contributed by atoms with Gasteiger partial charge in [0.2, 0.25) is 0 Å². The molecule has 0 radical (unpaired) electrons. The lowest BCUT2D eigenvalue weighted by molar-refractivity contribution is -0.384. The van der Waals surface area contributed by atoms with Crippen LogP contribution < -0.4 is 14.8 Å². The Morgan fingerprint density at radius 1 is 1.00 bits per heavy atom. The van der Waals surface area contributed by atoms with Crippen molar-refractivity contribution in [3.8, 4) is 5.75 Å². The second-order valence-corrected chi connectivity index (χ2v) is 10.2. The number of hydrogen-bond acceptors (Lipinski definition) is 6. The number of aryl methyl sites for hydroxylation is 1. The number of sulfonamides is 1. The highest BCUT2D eigenvalue weighted by Crippen LogP contribution is 2.59. The molecule has 2 aliphatic rings. The van der Waals surface area contributed by atoms with Crippen molar-refractivity contribution in [1.82, 2.24) is 0 Å². The van der Waals surface area contributed by atoms with Crippen molar-refractivity contribution in [3.05, 3.63) is 87.5 Å². The molecule has 0 aliphatic carbocycles. The number of nitrogens with zero attached hydrogens (tertiary/aromatic N) is 1. The molecule has 0 spiro atoms. The number of nitro groups is 1. The van der Waals surface area contributed by atoms with Gasteiger partial charge in [0.25, 0.3) is 15.7 Å². The van der Waals surface area contributed by atoms with Crippen molar-refractivity contribution >= 4 is 27.1 Å². The molecule has 164 valence electrons. The predicted octanol–water partition coefficient (Wildman–Crippen LogP) is 4.54. The van der Waals surface area contributed by atoms with E-state index in [1.165, 1.54) is 6.07 Å². The second kappa shape index (κ2) is 6.46. The zero-order valence-electron chi connectivity index (χ0n) is 17.7. The standard InChI is InChI=1S/C23H21N3O5S/c1-14-4-8-17(9-5-14)32(29,30)25-15-6-11-21-19(12-15)22(2)18-13-16(26(27)28)7-10-20(18)24-23(22,3)31-21/h4-13,24-25H,1-3H3/t22-,23+/m0/s1. The van der Waals surface area contributed by atoms with E-state index >= 15 is 0 Å². The van der Waals surface area contributed by atoms with Gasteiger partial charge in [-0.05, 0) is 62.7 Å². The molecule has 0 bridgehead atoms. The molecule has 0 saturated heterocycles. The summed E-state index contributed by atoms with van der Waals surface area (Å²) in [6.07, 6.45) is 0. The SMILES string of the molecule is Cc1ccc(S(=O)(=O)Nc2ccc3c(c2)[C@]2(C)c4cc([N+](=O)[O-])ccc4N[C@]2(C)O3)cc1. The first kappa shape index (κ1) is 20.3. The number of non-ortho nitro benzene ring substituents is 1. The molecule has 3 aromatic carbocycles. The summed E-state index contributed by atoms with van der Waals surface area (Å²) >= 11 is 0. The summed E-state index contributed by atoms with van der Waals surface area (Å²) in [6, 6.07) is 16.4. The largest absolute Gasteiger partial charge is 0.467 e. The average Bonchev–Trinajstić information content (AvgIpc) is 3.09. The molecular formula is C23H21N3O5S. The maximum atomic E-state index is 12.9. The molecule has 32 heavy (non-hydrogen) atoms. The minimum atomic E-state index is -3.78. The first-order chi connectivity index (χ1) is 15.0. The van der Waals surface area contributed by atoms with Gasteiger partial charge < -0.3 is 10.1 Å². The topological polar surface area (TPSA) is 111 Å². The zero-order valence-corrected chi connectivity index (χ0v) is 18.5. The summed E-state index contributed by atoms with van der Waals surface area (Å²) in [4.78, 5) is 11.1. The molecule has 5 rings (SSSR count). The summed E-state index contributed by atoms with van der Waals surface area (Å²) in [6.45, 7) is 5.72. The minimum Gasteiger partial charge on any atom is -0.467 e. The van der Waals surface area contributed by atoms with Crippen molar-refractivity contribution in [2.24, 2.45) is 0 Å². The number of rotatable bonds is 4. The maximum absolute atomic E-state index is 12.9. The van der Waals surface area contributed by atoms with Crippen LogP contribution in [0.2, 0.25) is 0 Å². The summed E-state index contributed by atoms with van der Waals surface area (Å²) in [5.41, 5.74) is 1.92. The Bertz CT molecular complexity index is 1390. The molecule has 2 heterocycles. The molecule has 8 nitrogen and oxygen atoms in total.